The zero-order valence-corrected chi connectivity index (χ0v) is 6.53. The molecular formula is C6H6NNiP. The summed E-state index contributed by atoms with van der Waals surface area (Å²) in [4.78, 5) is 0. The number of rotatable bonds is 1. The van der Waals surface area contributed by atoms with Gasteiger partial charge in [-0.15, -0.1) is 0 Å². The molecule has 1 nitrogen and oxygen atoms in total. The van der Waals surface area contributed by atoms with E-state index in [4.69, 9.17) is 0 Å². The van der Waals surface area contributed by atoms with E-state index >= 15 is 0 Å². The Kier molecular flexibility index (Phi) is 3.04. The molecule has 0 heterocycles. The summed E-state index contributed by atoms with van der Waals surface area (Å²) in [6, 6.07) is 9.94. The van der Waals surface area contributed by atoms with Gasteiger partial charge in [0, 0.05) is 0 Å². The van der Waals surface area contributed by atoms with E-state index < -0.39 is 0 Å². The third-order valence-corrected chi connectivity index (χ3v) is 1.59. The fourth-order valence-electron chi connectivity index (χ4n) is 0.532. The summed E-state index contributed by atoms with van der Waals surface area (Å²) in [6.45, 7) is 0. The third-order valence-electron chi connectivity index (χ3n) is 0.900. The molecule has 1 aromatic rings. The molecule has 0 aliphatic rings. The van der Waals surface area contributed by atoms with Crippen LogP contribution in [-0.2, 0) is 13.5 Å². The summed E-state index contributed by atoms with van der Waals surface area (Å²) in [7, 11) is 3.96. The third kappa shape index (κ3) is 2.34. The van der Waals surface area contributed by atoms with Crippen molar-refractivity contribution in [3.05, 3.63) is 30.3 Å². The maximum atomic E-state index is 3.96. The first kappa shape index (κ1) is 7.06. The Labute approximate surface area is 61.7 Å². The van der Waals surface area contributed by atoms with Gasteiger partial charge in [0.05, 0.1) is 0 Å². The molecule has 1 N–H and O–H groups in total. The number of hydrogen-bond donors (Lipinski definition) is 1. The zero-order chi connectivity index (χ0) is 6.53. The first-order valence-corrected chi connectivity index (χ1v) is 4.56. The molecule has 0 bridgehead atoms. The second-order valence-corrected chi connectivity index (χ2v) is 2.57. The fourth-order valence-corrected chi connectivity index (χ4v) is 1.16. The van der Waals surface area contributed by atoms with Crippen LogP contribution in [-0.4, -0.2) is 0 Å². The summed E-state index contributed by atoms with van der Waals surface area (Å²) in [6.07, 6.45) is 0. The molecule has 0 aliphatic heterocycles. The van der Waals surface area contributed by atoms with Gasteiger partial charge >= 0.3 is 61.3 Å². The zero-order valence-electron chi connectivity index (χ0n) is 4.65. The van der Waals surface area contributed by atoms with Crippen LogP contribution in [0.15, 0.2) is 30.3 Å². The predicted octanol–water partition coefficient (Wildman–Crippen LogP) is 2.42. The van der Waals surface area contributed by atoms with Crippen molar-refractivity contribution < 1.29 is 13.5 Å². The molecule has 0 amide bonds. The van der Waals surface area contributed by atoms with E-state index in [2.05, 4.69) is 11.8 Å². The molecule has 0 radical (unpaired) electrons. The van der Waals surface area contributed by atoms with Crippen molar-refractivity contribution in [1.82, 2.24) is 0 Å². The molecule has 50 valence electrons. The summed E-state index contributed by atoms with van der Waals surface area (Å²) in [5.74, 6) is 0. The Hall–Kier alpha value is -0.0565. The normalized spacial score (nSPS) is 9.22. The minimum absolute atomic E-state index is 1.09. The number of nitrogens with one attached hydrogen (secondary N) is 1. The van der Waals surface area contributed by atoms with E-state index in [1.54, 1.807) is 0 Å². The van der Waals surface area contributed by atoms with Crippen molar-refractivity contribution in [3.8, 4) is 0 Å². The molecular weight excluding hydrogens is 176 g/mol. The molecule has 0 atom stereocenters. The van der Waals surface area contributed by atoms with Crippen LogP contribution in [0.5, 0.6) is 0 Å². The topological polar surface area (TPSA) is 12.0 Å². The standard InChI is InChI=1S/C6H6N.Ni.P/c7-6-4-2-1-3-5-6;;/h1-5,7H;;/q-1;+1;. The van der Waals surface area contributed by atoms with E-state index in [1.165, 1.54) is 0 Å². The Morgan fingerprint density at radius 2 is 1.89 bits per heavy atom. The van der Waals surface area contributed by atoms with E-state index in [0.29, 0.717) is 0 Å². The average Bonchev–Trinajstić information content (AvgIpc) is 1.91. The number of benzene rings is 1. The van der Waals surface area contributed by atoms with E-state index in [-0.39, 0.29) is 0 Å². The van der Waals surface area contributed by atoms with Crippen molar-refractivity contribution in [2.24, 2.45) is 0 Å². The average molecular weight is 182 g/mol. The molecule has 0 spiro atoms. The van der Waals surface area contributed by atoms with Crippen molar-refractivity contribution in [3.63, 3.8) is 0 Å². The van der Waals surface area contributed by atoms with Crippen LogP contribution in [0.2, 0.25) is 0 Å². The van der Waals surface area contributed by atoms with Crippen molar-refractivity contribution in [2.45, 2.75) is 0 Å². The van der Waals surface area contributed by atoms with Crippen LogP contribution < -0.4 is 4.40 Å². The van der Waals surface area contributed by atoms with Gasteiger partial charge in [0.1, 0.15) is 0 Å². The Morgan fingerprint density at radius 3 is 2.44 bits per heavy atom. The SMILES string of the molecule is [P]#[Ni][NH]c1ccccc1. The van der Waals surface area contributed by atoms with Crippen LogP contribution in [0.25, 0.3) is 0 Å². The van der Waals surface area contributed by atoms with Crippen molar-refractivity contribution in [2.75, 3.05) is 4.40 Å². The molecule has 0 saturated carbocycles. The van der Waals surface area contributed by atoms with Gasteiger partial charge in [-0.05, 0) is 0 Å². The van der Waals surface area contributed by atoms with E-state index in [0.717, 1.165) is 19.2 Å². The van der Waals surface area contributed by atoms with Crippen molar-refractivity contribution in [1.29, 1.82) is 0 Å². The van der Waals surface area contributed by atoms with Gasteiger partial charge in [0.15, 0.2) is 0 Å². The predicted molar refractivity (Wildman–Crippen MR) is 37.0 cm³/mol. The molecule has 0 saturated heterocycles. The van der Waals surface area contributed by atoms with E-state index in [9.17, 15) is 0 Å². The monoisotopic (exact) mass is 181 g/mol. The second-order valence-electron chi connectivity index (χ2n) is 1.52. The summed E-state index contributed by atoms with van der Waals surface area (Å²) < 4.78 is 3.01. The molecule has 0 aromatic heterocycles. The Balaban J connectivity index is 2.76. The van der Waals surface area contributed by atoms with Crippen LogP contribution in [0.4, 0.5) is 5.69 Å². The van der Waals surface area contributed by atoms with Gasteiger partial charge in [0.25, 0.3) is 0 Å². The Morgan fingerprint density at radius 1 is 1.22 bits per heavy atom. The minimum atomic E-state index is 1.09. The van der Waals surface area contributed by atoms with Crippen LogP contribution >= 0.6 is 7.36 Å². The molecule has 3 heteroatoms. The quantitative estimate of drug-likeness (QED) is 0.519. The molecule has 0 aliphatic carbocycles. The van der Waals surface area contributed by atoms with Crippen LogP contribution in [0, 0.1) is 0 Å². The van der Waals surface area contributed by atoms with Crippen LogP contribution in [0.1, 0.15) is 0 Å². The van der Waals surface area contributed by atoms with Gasteiger partial charge in [-0.1, -0.05) is 0 Å². The second kappa shape index (κ2) is 3.87. The number of anilines is 1. The number of para-hydroxylation sites is 1. The molecule has 1 rings (SSSR count). The molecule has 1 aromatic carbocycles. The molecule has 0 unspecified atom stereocenters. The van der Waals surface area contributed by atoms with Gasteiger partial charge in [-0.3, -0.25) is 0 Å². The van der Waals surface area contributed by atoms with E-state index in [1.807, 2.05) is 30.3 Å². The van der Waals surface area contributed by atoms with Gasteiger partial charge < -0.3 is 0 Å². The van der Waals surface area contributed by atoms with Crippen molar-refractivity contribution >= 4 is 13.0 Å². The summed E-state index contributed by atoms with van der Waals surface area (Å²) >= 11 is 1.15. The number of hydrogen-bond acceptors (Lipinski definition) is 1. The van der Waals surface area contributed by atoms with Gasteiger partial charge in [-0.25, -0.2) is 0 Å². The molecule has 9 heavy (non-hydrogen) atoms. The molecule has 0 fully saturated rings. The van der Waals surface area contributed by atoms with Gasteiger partial charge in [-0.2, -0.15) is 0 Å². The van der Waals surface area contributed by atoms with Crippen LogP contribution in [0.3, 0.4) is 0 Å². The summed E-state index contributed by atoms with van der Waals surface area (Å²) in [5.41, 5.74) is 1.09. The maximum absolute atomic E-state index is 3.96. The fraction of sp³-hybridized carbons (Fsp3) is 0. The summed E-state index contributed by atoms with van der Waals surface area (Å²) in [5, 5.41) is 0. The Bertz CT molecular complexity index is 216. The first-order valence-electron chi connectivity index (χ1n) is 2.46. The first-order chi connectivity index (χ1) is 4.43. The van der Waals surface area contributed by atoms with Gasteiger partial charge in [0.2, 0.25) is 0 Å².